The van der Waals surface area contributed by atoms with Crippen molar-refractivity contribution < 1.29 is 4.74 Å². The predicted octanol–water partition coefficient (Wildman–Crippen LogP) is 5.59. The molecule has 0 saturated heterocycles. The number of hydrogen-bond acceptors (Lipinski definition) is 4. The van der Waals surface area contributed by atoms with Crippen molar-refractivity contribution in [3.8, 4) is 22.9 Å². The molecule has 0 unspecified atom stereocenters. The Labute approximate surface area is 167 Å². The normalized spacial score (nSPS) is 11.0. The van der Waals surface area contributed by atoms with Gasteiger partial charge in [0.1, 0.15) is 11.5 Å². The fourth-order valence-electron chi connectivity index (χ4n) is 2.78. The van der Waals surface area contributed by atoms with Crippen molar-refractivity contribution in [2.45, 2.75) is 6.92 Å². The van der Waals surface area contributed by atoms with Gasteiger partial charge in [-0.3, -0.25) is 0 Å². The third-order valence-electron chi connectivity index (χ3n) is 4.09. The summed E-state index contributed by atoms with van der Waals surface area (Å²) >= 11 is 5.34. The zero-order valence-corrected chi connectivity index (χ0v) is 16.1. The number of rotatable bonds is 5. The Hall–Kier alpha value is -3.51. The third kappa shape index (κ3) is 4.07. The zero-order valence-electron chi connectivity index (χ0n) is 15.2. The van der Waals surface area contributed by atoms with Gasteiger partial charge in [0, 0.05) is 5.56 Å². The van der Waals surface area contributed by atoms with E-state index >= 15 is 0 Å². The van der Waals surface area contributed by atoms with Crippen LogP contribution < -0.4 is 4.74 Å². The summed E-state index contributed by atoms with van der Waals surface area (Å²) < 4.78 is 7.93. The summed E-state index contributed by atoms with van der Waals surface area (Å²) in [4.78, 5) is 0. The Morgan fingerprint density at radius 3 is 2.57 bits per heavy atom. The van der Waals surface area contributed by atoms with Crippen LogP contribution in [0.25, 0.3) is 11.4 Å². The highest BCUT2D eigenvalue weighted by molar-refractivity contribution is 7.71. The van der Waals surface area contributed by atoms with Crippen molar-refractivity contribution in [3.05, 3.63) is 94.8 Å². The minimum Gasteiger partial charge on any atom is -0.457 e. The van der Waals surface area contributed by atoms with Crippen LogP contribution in [0.3, 0.4) is 0 Å². The Bertz CT molecular complexity index is 1180. The van der Waals surface area contributed by atoms with Gasteiger partial charge in [-0.15, -0.1) is 0 Å². The molecular weight excluding hydrogens is 368 g/mol. The molecule has 138 valence electrons. The van der Waals surface area contributed by atoms with E-state index in [2.05, 4.69) is 15.3 Å². The Morgan fingerprint density at radius 2 is 1.75 bits per heavy atom. The molecule has 6 heteroatoms. The largest absolute Gasteiger partial charge is 0.457 e. The molecule has 1 aromatic heterocycles. The summed E-state index contributed by atoms with van der Waals surface area (Å²) in [6.45, 7) is 2.04. The van der Waals surface area contributed by atoms with Crippen molar-refractivity contribution >= 4 is 18.4 Å². The number of hydrogen-bond donors (Lipinski definition) is 1. The summed E-state index contributed by atoms with van der Waals surface area (Å²) in [5.74, 6) is 2.20. The average molecular weight is 386 g/mol. The molecule has 0 amide bonds. The molecule has 4 aromatic rings. The first-order valence-electron chi connectivity index (χ1n) is 8.81. The second kappa shape index (κ2) is 8.02. The van der Waals surface area contributed by atoms with Crippen LogP contribution in [0.4, 0.5) is 0 Å². The monoisotopic (exact) mass is 386 g/mol. The van der Waals surface area contributed by atoms with E-state index in [-0.39, 0.29) is 0 Å². The fourth-order valence-corrected chi connectivity index (χ4v) is 2.96. The van der Waals surface area contributed by atoms with Crippen molar-refractivity contribution in [1.82, 2.24) is 14.9 Å². The molecule has 1 N–H and O–H groups in total. The summed E-state index contributed by atoms with van der Waals surface area (Å²) in [5.41, 5.74) is 2.99. The molecule has 0 spiro atoms. The van der Waals surface area contributed by atoms with Crippen LogP contribution in [0.2, 0.25) is 0 Å². The molecule has 0 aliphatic carbocycles. The van der Waals surface area contributed by atoms with E-state index in [1.807, 2.05) is 85.8 Å². The maximum absolute atomic E-state index is 5.88. The molecule has 0 atom stereocenters. The van der Waals surface area contributed by atoms with Crippen LogP contribution in [0.1, 0.15) is 11.1 Å². The molecule has 4 rings (SSSR count). The lowest BCUT2D eigenvalue weighted by Crippen LogP contribution is -1.95. The van der Waals surface area contributed by atoms with E-state index in [9.17, 15) is 0 Å². The lowest BCUT2D eigenvalue weighted by molar-refractivity contribution is 0.482. The molecule has 0 saturated carbocycles. The summed E-state index contributed by atoms with van der Waals surface area (Å²) in [7, 11) is 0. The Morgan fingerprint density at radius 1 is 0.964 bits per heavy atom. The van der Waals surface area contributed by atoms with Crippen LogP contribution in [-0.4, -0.2) is 21.1 Å². The van der Waals surface area contributed by atoms with Gasteiger partial charge in [0.05, 0.1) is 6.21 Å². The number of H-pyrrole nitrogens is 1. The maximum atomic E-state index is 5.88. The van der Waals surface area contributed by atoms with Crippen LogP contribution in [-0.2, 0) is 0 Å². The third-order valence-corrected chi connectivity index (χ3v) is 4.35. The van der Waals surface area contributed by atoms with Crippen molar-refractivity contribution in [2.75, 3.05) is 0 Å². The summed E-state index contributed by atoms with van der Waals surface area (Å²) in [6.07, 6.45) is 1.74. The van der Waals surface area contributed by atoms with Gasteiger partial charge in [-0.1, -0.05) is 54.1 Å². The molecule has 0 aliphatic heterocycles. The molecule has 0 aliphatic rings. The van der Waals surface area contributed by atoms with E-state index in [1.165, 1.54) is 0 Å². The summed E-state index contributed by atoms with van der Waals surface area (Å²) in [5, 5.41) is 11.7. The smallest absolute Gasteiger partial charge is 0.216 e. The van der Waals surface area contributed by atoms with Crippen LogP contribution in [0.15, 0.2) is 84.0 Å². The molecule has 0 bridgehead atoms. The van der Waals surface area contributed by atoms with Crippen LogP contribution >= 0.6 is 12.2 Å². The fraction of sp³-hybridized carbons (Fsp3) is 0.0455. The van der Waals surface area contributed by atoms with Gasteiger partial charge in [0.15, 0.2) is 5.82 Å². The van der Waals surface area contributed by atoms with Gasteiger partial charge < -0.3 is 4.74 Å². The van der Waals surface area contributed by atoms with Crippen molar-refractivity contribution in [3.63, 3.8) is 0 Å². The Balaban J connectivity index is 1.61. The minimum atomic E-state index is 0.435. The summed E-state index contributed by atoms with van der Waals surface area (Å²) in [6, 6.07) is 25.4. The zero-order chi connectivity index (χ0) is 19.3. The number of benzene rings is 3. The molecule has 0 radical (unpaired) electrons. The number of aromatic nitrogens is 3. The van der Waals surface area contributed by atoms with Gasteiger partial charge in [0.25, 0.3) is 0 Å². The first kappa shape index (κ1) is 17.9. The van der Waals surface area contributed by atoms with E-state index in [0.717, 1.165) is 28.2 Å². The van der Waals surface area contributed by atoms with Gasteiger partial charge in [-0.25, -0.2) is 5.10 Å². The number of nitrogens with zero attached hydrogens (tertiary/aromatic N) is 3. The lowest BCUT2D eigenvalue weighted by Gasteiger charge is -2.06. The molecule has 5 nitrogen and oxygen atoms in total. The van der Waals surface area contributed by atoms with Gasteiger partial charge in [0.2, 0.25) is 4.77 Å². The number of aryl methyl sites for hydroxylation is 1. The van der Waals surface area contributed by atoms with Crippen molar-refractivity contribution in [2.24, 2.45) is 5.10 Å². The molecular formula is C22H18N4OS. The predicted molar refractivity (Wildman–Crippen MR) is 114 cm³/mol. The van der Waals surface area contributed by atoms with Crippen LogP contribution in [0.5, 0.6) is 11.5 Å². The highest BCUT2D eigenvalue weighted by atomic mass is 32.1. The first-order valence-corrected chi connectivity index (χ1v) is 9.22. The molecule has 1 heterocycles. The average Bonchev–Trinajstić information content (AvgIpc) is 3.08. The number of para-hydroxylation sites is 1. The standard InChI is InChI=1S/C22H18N4OS/c1-16-7-5-9-18(13-16)21-24-25-22(28)26(21)23-15-17-8-6-12-20(14-17)27-19-10-3-2-4-11-19/h2-15H,1H3,(H,25,28)/b23-15+. The van der Waals surface area contributed by atoms with Gasteiger partial charge in [-0.05, 0) is 55.0 Å². The molecule has 0 fully saturated rings. The quantitative estimate of drug-likeness (QED) is 0.359. The van der Waals surface area contributed by atoms with Crippen molar-refractivity contribution in [1.29, 1.82) is 0 Å². The number of ether oxygens (including phenoxy) is 1. The first-order chi connectivity index (χ1) is 13.7. The van der Waals surface area contributed by atoms with Gasteiger partial charge >= 0.3 is 0 Å². The van der Waals surface area contributed by atoms with Crippen LogP contribution in [0, 0.1) is 11.7 Å². The minimum absolute atomic E-state index is 0.435. The second-order valence-corrected chi connectivity index (χ2v) is 6.65. The topological polar surface area (TPSA) is 55.2 Å². The second-order valence-electron chi connectivity index (χ2n) is 6.27. The highest BCUT2D eigenvalue weighted by Crippen LogP contribution is 2.22. The molecule has 28 heavy (non-hydrogen) atoms. The molecule has 3 aromatic carbocycles. The lowest BCUT2D eigenvalue weighted by atomic mass is 10.1. The van der Waals surface area contributed by atoms with E-state index in [0.29, 0.717) is 10.6 Å². The maximum Gasteiger partial charge on any atom is 0.216 e. The van der Waals surface area contributed by atoms with E-state index < -0.39 is 0 Å². The Kier molecular flexibility index (Phi) is 5.12. The number of aromatic amines is 1. The SMILES string of the molecule is Cc1cccc(-c2n[nH]c(=S)n2/N=C/c2cccc(Oc3ccccc3)c2)c1. The number of nitrogens with one attached hydrogen (secondary N) is 1. The van der Waals surface area contributed by atoms with Gasteiger partial charge in [-0.2, -0.15) is 14.9 Å². The van der Waals surface area contributed by atoms with E-state index in [1.54, 1.807) is 10.9 Å². The highest BCUT2D eigenvalue weighted by Gasteiger charge is 2.08. The van der Waals surface area contributed by atoms with E-state index in [4.69, 9.17) is 17.0 Å².